The number of carbonyl (C=O) groups excluding carboxylic acids is 1. The van der Waals surface area contributed by atoms with Gasteiger partial charge in [-0.15, -0.1) is 0 Å². The third kappa shape index (κ3) is 2.90. The molecule has 2 rings (SSSR count). The number of hydrogen-bond acceptors (Lipinski definition) is 3. The zero-order valence-electron chi connectivity index (χ0n) is 10.0. The molecular weight excluding hydrogens is 216 g/mol. The minimum Gasteiger partial charge on any atom is -0.495 e. The first-order valence-electron chi connectivity index (χ1n) is 5.98. The quantitative estimate of drug-likeness (QED) is 0.838. The number of ether oxygens (including phenoxy) is 1. The van der Waals surface area contributed by atoms with Crippen molar-refractivity contribution < 1.29 is 9.53 Å². The van der Waals surface area contributed by atoms with Crippen LogP contribution in [0.15, 0.2) is 24.3 Å². The average Bonchev–Trinajstić information content (AvgIpc) is 2.56. The van der Waals surface area contributed by atoms with Crippen LogP contribution in [0.4, 0.5) is 5.69 Å². The lowest BCUT2D eigenvalue weighted by Gasteiger charge is -2.18. The van der Waals surface area contributed by atoms with Crippen molar-refractivity contribution in [2.45, 2.75) is 25.3 Å². The Kier molecular flexibility index (Phi) is 3.85. The highest BCUT2D eigenvalue weighted by Gasteiger charge is 2.21. The molecule has 1 fully saturated rings. The number of anilines is 1. The van der Waals surface area contributed by atoms with Crippen molar-refractivity contribution in [2.75, 3.05) is 19.0 Å². The Morgan fingerprint density at radius 1 is 1.35 bits per heavy atom. The largest absolute Gasteiger partial charge is 0.495 e. The SMILES string of the molecule is COc1ccccc1NC1CCCCNC1=O. The van der Waals surface area contributed by atoms with Crippen molar-refractivity contribution in [1.82, 2.24) is 5.32 Å². The summed E-state index contributed by atoms with van der Waals surface area (Å²) in [4.78, 5) is 11.8. The molecule has 1 aromatic rings. The Bertz CT molecular complexity index is 393. The molecule has 1 aliphatic heterocycles. The summed E-state index contributed by atoms with van der Waals surface area (Å²) in [7, 11) is 1.63. The zero-order chi connectivity index (χ0) is 12.1. The molecule has 0 saturated carbocycles. The van der Waals surface area contributed by atoms with E-state index in [0.717, 1.165) is 37.2 Å². The number of benzene rings is 1. The van der Waals surface area contributed by atoms with E-state index in [4.69, 9.17) is 4.74 Å². The molecule has 0 aromatic heterocycles. The lowest BCUT2D eigenvalue weighted by atomic mass is 10.1. The second kappa shape index (κ2) is 5.57. The van der Waals surface area contributed by atoms with E-state index in [2.05, 4.69) is 10.6 Å². The Morgan fingerprint density at radius 2 is 2.18 bits per heavy atom. The van der Waals surface area contributed by atoms with Crippen LogP contribution in [-0.4, -0.2) is 25.6 Å². The summed E-state index contributed by atoms with van der Waals surface area (Å²) < 4.78 is 5.26. The molecule has 92 valence electrons. The molecule has 4 heteroatoms. The summed E-state index contributed by atoms with van der Waals surface area (Å²) in [5, 5.41) is 6.16. The Labute approximate surface area is 101 Å². The first kappa shape index (κ1) is 11.8. The molecule has 1 heterocycles. The van der Waals surface area contributed by atoms with Gasteiger partial charge in [0.25, 0.3) is 0 Å². The van der Waals surface area contributed by atoms with Crippen molar-refractivity contribution in [3.05, 3.63) is 24.3 Å². The third-order valence-electron chi connectivity index (χ3n) is 2.97. The van der Waals surface area contributed by atoms with E-state index in [1.807, 2.05) is 24.3 Å². The Hall–Kier alpha value is -1.71. The number of rotatable bonds is 3. The molecule has 0 bridgehead atoms. The topological polar surface area (TPSA) is 50.4 Å². The van der Waals surface area contributed by atoms with Crippen LogP contribution >= 0.6 is 0 Å². The number of methoxy groups -OCH3 is 1. The van der Waals surface area contributed by atoms with Gasteiger partial charge >= 0.3 is 0 Å². The fourth-order valence-corrected chi connectivity index (χ4v) is 2.03. The highest BCUT2D eigenvalue weighted by Crippen LogP contribution is 2.25. The van der Waals surface area contributed by atoms with Gasteiger partial charge in [-0.25, -0.2) is 0 Å². The van der Waals surface area contributed by atoms with E-state index >= 15 is 0 Å². The minimum absolute atomic E-state index is 0.0772. The highest BCUT2D eigenvalue weighted by atomic mass is 16.5. The van der Waals surface area contributed by atoms with Crippen LogP contribution in [0.5, 0.6) is 5.75 Å². The summed E-state index contributed by atoms with van der Waals surface area (Å²) in [6.45, 7) is 0.781. The normalized spacial score (nSPS) is 20.3. The van der Waals surface area contributed by atoms with E-state index in [-0.39, 0.29) is 11.9 Å². The molecule has 17 heavy (non-hydrogen) atoms. The van der Waals surface area contributed by atoms with Crippen molar-refractivity contribution in [3.63, 3.8) is 0 Å². The predicted molar refractivity (Wildman–Crippen MR) is 67.3 cm³/mol. The lowest BCUT2D eigenvalue weighted by molar-refractivity contribution is -0.121. The molecule has 0 aliphatic carbocycles. The van der Waals surface area contributed by atoms with Gasteiger partial charge in [-0.3, -0.25) is 4.79 Å². The summed E-state index contributed by atoms with van der Waals surface area (Å²) in [6, 6.07) is 7.50. The summed E-state index contributed by atoms with van der Waals surface area (Å²) >= 11 is 0. The maximum absolute atomic E-state index is 11.8. The van der Waals surface area contributed by atoms with Crippen molar-refractivity contribution in [3.8, 4) is 5.75 Å². The number of nitrogens with one attached hydrogen (secondary N) is 2. The summed E-state index contributed by atoms with van der Waals surface area (Å²) in [5.74, 6) is 0.845. The molecule has 1 unspecified atom stereocenters. The maximum atomic E-state index is 11.8. The highest BCUT2D eigenvalue weighted by molar-refractivity contribution is 5.85. The molecule has 4 nitrogen and oxygen atoms in total. The summed E-state index contributed by atoms with van der Waals surface area (Å²) in [6.07, 6.45) is 2.98. The molecule has 1 amide bonds. The van der Waals surface area contributed by atoms with E-state index in [1.165, 1.54) is 0 Å². The smallest absolute Gasteiger partial charge is 0.242 e. The molecule has 1 aromatic carbocycles. The fraction of sp³-hybridized carbons (Fsp3) is 0.462. The van der Waals surface area contributed by atoms with Crippen molar-refractivity contribution in [2.24, 2.45) is 0 Å². The molecule has 0 radical (unpaired) electrons. The standard InChI is InChI=1S/C13H18N2O2/c1-17-12-8-3-2-6-10(12)15-11-7-4-5-9-14-13(11)16/h2-3,6,8,11,15H,4-5,7,9H2,1H3,(H,14,16). The van der Waals surface area contributed by atoms with Crippen LogP contribution in [0, 0.1) is 0 Å². The molecule has 2 N–H and O–H groups in total. The van der Waals surface area contributed by atoms with Gasteiger partial charge < -0.3 is 15.4 Å². The predicted octanol–water partition coefficient (Wildman–Crippen LogP) is 1.78. The molecule has 1 aliphatic rings. The third-order valence-corrected chi connectivity index (χ3v) is 2.97. The van der Waals surface area contributed by atoms with Gasteiger partial charge in [0, 0.05) is 6.54 Å². The lowest BCUT2D eigenvalue weighted by Crippen LogP contribution is -2.37. The van der Waals surface area contributed by atoms with Crippen LogP contribution in [0.3, 0.4) is 0 Å². The first-order valence-corrected chi connectivity index (χ1v) is 5.98. The van der Waals surface area contributed by atoms with E-state index < -0.39 is 0 Å². The van der Waals surface area contributed by atoms with Gasteiger partial charge in [0.1, 0.15) is 11.8 Å². The Morgan fingerprint density at radius 3 is 3.00 bits per heavy atom. The van der Waals surface area contributed by atoms with E-state index in [9.17, 15) is 4.79 Å². The minimum atomic E-state index is -0.159. The van der Waals surface area contributed by atoms with Gasteiger partial charge in [0.15, 0.2) is 0 Å². The zero-order valence-corrected chi connectivity index (χ0v) is 10.0. The monoisotopic (exact) mass is 234 g/mol. The van der Waals surface area contributed by atoms with Gasteiger partial charge in [-0.05, 0) is 31.4 Å². The first-order chi connectivity index (χ1) is 8.31. The summed E-state index contributed by atoms with van der Waals surface area (Å²) in [5.41, 5.74) is 0.872. The molecule has 1 atom stereocenters. The van der Waals surface area contributed by atoms with Crippen LogP contribution in [0.2, 0.25) is 0 Å². The number of para-hydroxylation sites is 2. The van der Waals surface area contributed by atoms with Crippen molar-refractivity contribution >= 4 is 11.6 Å². The van der Waals surface area contributed by atoms with Crippen LogP contribution < -0.4 is 15.4 Å². The van der Waals surface area contributed by atoms with Crippen molar-refractivity contribution in [1.29, 1.82) is 0 Å². The second-order valence-electron chi connectivity index (χ2n) is 4.18. The number of carbonyl (C=O) groups is 1. The van der Waals surface area contributed by atoms with Gasteiger partial charge in [-0.1, -0.05) is 12.1 Å². The van der Waals surface area contributed by atoms with Crippen LogP contribution in [-0.2, 0) is 4.79 Å². The number of hydrogen-bond donors (Lipinski definition) is 2. The van der Waals surface area contributed by atoms with Crippen LogP contribution in [0.1, 0.15) is 19.3 Å². The van der Waals surface area contributed by atoms with Crippen LogP contribution in [0.25, 0.3) is 0 Å². The fourth-order valence-electron chi connectivity index (χ4n) is 2.03. The Balaban J connectivity index is 2.10. The maximum Gasteiger partial charge on any atom is 0.242 e. The van der Waals surface area contributed by atoms with Gasteiger partial charge in [0.05, 0.1) is 12.8 Å². The molecular formula is C13H18N2O2. The van der Waals surface area contributed by atoms with Gasteiger partial charge in [-0.2, -0.15) is 0 Å². The average molecular weight is 234 g/mol. The van der Waals surface area contributed by atoms with E-state index in [1.54, 1.807) is 7.11 Å². The van der Waals surface area contributed by atoms with Gasteiger partial charge in [0.2, 0.25) is 5.91 Å². The van der Waals surface area contributed by atoms with E-state index in [0.29, 0.717) is 0 Å². The second-order valence-corrected chi connectivity index (χ2v) is 4.18. The number of amides is 1. The molecule has 1 saturated heterocycles. The molecule has 0 spiro atoms.